The molecular formula is C12H17N3O2S. The number of nitrogens with one attached hydrogen (secondary N) is 1. The number of aryl methyl sites for hydroxylation is 1. The average Bonchev–Trinajstić information content (AvgIpc) is 2.35. The molecule has 5 nitrogen and oxygen atoms in total. The van der Waals surface area contributed by atoms with Gasteiger partial charge in [0.05, 0.1) is 11.8 Å². The van der Waals surface area contributed by atoms with Crippen LogP contribution in [-0.2, 0) is 16.4 Å². The van der Waals surface area contributed by atoms with E-state index in [2.05, 4.69) is 9.71 Å². The second-order valence-electron chi connectivity index (χ2n) is 4.39. The topological polar surface area (TPSA) is 82.9 Å². The van der Waals surface area contributed by atoms with Crippen molar-refractivity contribution in [1.82, 2.24) is 9.71 Å². The monoisotopic (exact) mass is 267 g/mol. The van der Waals surface area contributed by atoms with Gasteiger partial charge < -0.3 is 0 Å². The van der Waals surface area contributed by atoms with Gasteiger partial charge in [0, 0.05) is 12.4 Å². The highest BCUT2D eigenvalue weighted by Crippen LogP contribution is 2.04. The molecular weight excluding hydrogens is 250 g/mol. The standard InChI is InChI=1S/C12H17N3O2S/c1-10(2)12(9-13)15-18(16,17)8-5-11-3-6-14-7-4-11/h3-4,6-7,10,12,15H,5,8H2,1-2H3. The van der Waals surface area contributed by atoms with Crippen molar-refractivity contribution in [2.24, 2.45) is 5.92 Å². The van der Waals surface area contributed by atoms with Crippen LogP contribution in [0.1, 0.15) is 19.4 Å². The summed E-state index contributed by atoms with van der Waals surface area (Å²) in [6, 6.07) is 4.84. The van der Waals surface area contributed by atoms with Gasteiger partial charge in [-0.3, -0.25) is 4.98 Å². The van der Waals surface area contributed by atoms with Gasteiger partial charge in [-0.1, -0.05) is 13.8 Å². The van der Waals surface area contributed by atoms with Crippen LogP contribution in [0.2, 0.25) is 0 Å². The first-order valence-electron chi connectivity index (χ1n) is 5.73. The maximum absolute atomic E-state index is 11.8. The van der Waals surface area contributed by atoms with Crippen LogP contribution in [0.5, 0.6) is 0 Å². The highest BCUT2D eigenvalue weighted by atomic mass is 32.2. The van der Waals surface area contributed by atoms with Crippen LogP contribution >= 0.6 is 0 Å². The normalized spacial score (nSPS) is 13.2. The van der Waals surface area contributed by atoms with E-state index < -0.39 is 16.1 Å². The van der Waals surface area contributed by atoms with E-state index in [4.69, 9.17) is 5.26 Å². The third-order valence-corrected chi connectivity index (χ3v) is 3.88. The first kappa shape index (κ1) is 14.6. The largest absolute Gasteiger partial charge is 0.265 e. The zero-order valence-electron chi connectivity index (χ0n) is 10.5. The molecule has 0 spiro atoms. The number of hydrogen-bond donors (Lipinski definition) is 1. The van der Waals surface area contributed by atoms with Crippen LogP contribution in [-0.4, -0.2) is 25.2 Å². The summed E-state index contributed by atoms with van der Waals surface area (Å²) in [6.07, 6.45) is 3.66. The molecule has 1 N–H and O–H groups in total. The van der Waals surface area contributed by atoms with E-state index in [-0.39, 0.29) is 11.7 Å². The van der Waals surface area contributed by atoms with E-state index in [1.165, 1.54) is 0 Å². The molecule has 0 bridgehead atoms. The molecule has 0 aliphatic heterocycles. The fourth-order valence-electron chi connectivity index (χ4n) is 1.37. The Hall–Kier alpha value is -1.45. The van der Waals surface area contributed by atoms with Crippen LogP contribution in [0, 0.1) is 17.2 Å². The lowest BCUT2D eigenvalue weighted by Crippen LogP contribution is -2.39. The van der Waals surface area contributed by atoms with Crippen molar-refractivity contribution >= 4 is 10.0 Å². The first-order valence-corrected chi connectivity index (χ1v) is 7.38. The van der Waals surface area contributed by atoms with Crippen molar-refractivity contribution in [2.45, 2.75) is 26.3 Å². The summed E-state index contributed by atoms with van der Waals surface area (Å²) >= 11 is 0. The predicted molar refractivity (Wildman–Crippen MR) is 69.1 cm³/mol. The molecule has 98 valence electrons. The molecule has 6 heteroatoms. The van der Waals surface area contributed by atoms with E-state index in [1.807, 2.05) is 6.07 Å². The Morgan fingerprint density at radius 2 is 2.00 bits per heavy atom. The summed E-state index contributed by atoms with van der Waals surface area (Å²) in [4.78, 5) is 3.87. The minimum atomic E-state index is -3.43. The molecule has 1 unspecified atom stereocenters. The Morgan fingerprint density at radius 3 is 2.50 bits per heavy atom. The quantitative estimate of drug-likeness (QED) is 0.836. The molecule has 1 heterocycles. The van der Waals surface area contributed by atoms with Gasteiger partial charge in [-0.2, -0.15) is 9.98 Å². The minimum Gasteiger partial charge on any atom is -0.265 e. The summed E-state index contributed by atoms with van der Waals surface area (Å²) in [5.74, 6) is -0.0762. The van der Waals surface area contributed by atoms with Crippen molar-refractivity contribution in [3.8, 4) is 6.07 Å². The number of pyridine rings is 1. The van der Waals surface area contributed by atoms with Crippen molar-refractivity contribution in [1.29, 1.82) is 5.26 Å². The smallest absolute Gasteiger partial charge is 0.213 e. The summed E-state index contributed by atoms with van der Waals surface area (Å²) < 4.78 is 26.0. The van der Waals surface area contributed by atoms with Gasteiger partial charge in [0.15, 0.2) is 0 Å². The number of aromatic nitrogens is 1. The Balaban J connectivity index is 2.58. The zero-order chi connectivity index (χ0) is 13.6. The summed E-state index contributed by atoms with van der Waals surface area (Å²) in [7, 11) is -3.43. The Morgan fingerprint density at radius 1 is 1.39 bits per heavy atom. The molecule has 0 radical (unpaired) electrons. The second-order valence-corrected chi connectivity index (χ2v) is 6.27. The predicted octanol–water partition coefficient (Wildman–Crippen LogP) is 1.09. The van der Waals surface area contributed by atoms with Crippen LogP contribution < -0.4 is 4.72 Å². The molecule has 0 aliphatic carbocycles. The first-order chi connectivity index (χ1) is 8.44. The molecule has 0 aromatic carbocycles. The van der Waals surface area contributed by atoms with Crippen LogP contribution in [0.25, 0.3) is 0 Å². The second kappa shape index (κ2) is 6.47. The fraction of sp³-hybridized carbons (Fsp3) is 0.500. The van der Waals surface area contributed by atoms with Crippen LogP contribution in [0.15, 0.2) is 24.5 Å². The SMILES string of the molecule is CC(C)C(C#N)NS(=O)(=O)CCc1ccncc1. The van der Waals surface area contributed by atoms with Crippen molar-refractivity contribution < 1.29 is 8.42 Å². The Bertz CT molecular complexity index is 506. The molecule has 1 rings (SSSR count). The number of nitriles is 1. The summed E-state index contributed by atoms with van der Waals surface area (Å²) in [5.41, 5.74) is 0.911. The number of rotatable bonds is 6. The highest BCUT2D eigenvalue weighted by molar-refractivity contribution is 7.89. The van der Waals surface area contributed by atoms with Gasteiger partial charge in [0.25, 0.3) is 0 Å². The van der Waals surface area contributed by atoms with Crippen LogP contribution in [0.3, 0.4) is 0 Å². The number of sulfonamides is 1. The van der Waals surface area contributed by atoms with Gasteiger partial charge in [-0.05, 0) is 30.0 Å². The third kappa shape index (κ3) is 4.82. The molecule has 0 fully saturated rings. The molecule has 1 atom stereocenters. The lowest BCUT2D eigenvalue weighted by Gasteiger charge is -2.15. The fourth-order valence-corrected chi connectivity index (χ4v) is 2.70. The third-order valence-electron chi connectivity index (χ3n) is 2.52. The van der Waals surface area contributed by atoms with Gasteiger partial charge in [0.2, 0.25) is 10.0 Å². The van der Waals surface area contributed by atoms with Crippen LogP contribution in [0.4, 0.5) is 0 Å². The zero-order valence-corrected chi connectivity index (χ0v) is 11.3. The van der Waals surface area contributed by atoms with Gasteiger partial charge >= 0.3 is 0 Å². The molecule has 0 saturated carbocycles. The van der Waals surface area contributed by atoms with E-state index >= 15 is 0 Å². The maximum atomic E-state index is 11.8. The molecule has 0 aliphatic rings. The Kier molecular flexibility index (Phi) is 5.25. The average molecular weight is 267 g/mol. The molecule has 1 aromatic heterocycles. The van der Waals surface area contributed by atoms with Gasteiger partial charge in [-0.15, -0.1) is 0 Å². The summed E-state index contributed by atoms with van der Waals surface area (Å²) in [5, 5.41) is 8.86. The minimum absolute atomic E-state index is 0.0259. The van der Waals surface area contributed by atoms with E-state index in [0.717, 1.165) is 5.56 Å². The van der Waals surface area contributed by atoms with Crippen molar-refractivity contribution in [2.75, 3.05) is 5.75 Å². The molecule has 0 saturated heterocycles. The van der Waals surface area contributed by atoms with E-state index in [9.17, 15) is 8.42 Å². The lowest BCUT2D eigenvalue weighted by molar-refractivity contribution is 0.515. The summed E-state index contributed by atoms with van der Waals surface area (Å²) in [6.45, 7) is 3.61. The lowest BCUT2D eigenvalue weighted by atomic mass is 10.1. The molecule has 0 amide bonds. The highest BCUT2D eigenvalue weighted by Gasteiger charge is 2.19. The van der Waals surface area contributed by atoms with Gasteiger partial charge in [-0.25, -0.2) is 8.42 Å². The molecule has 1 aromatic rings. The van der Waals surface area contributed by atoms with Gasteiger partial charge in [0.1, 0.15) is 6.04 Å². The number of nitrogens with zero attached hydrogens (tertiary/aromatic N) is 2. The number of hydrogen-bond acceptors (Lipinski definition) is 4. The maximum Gasteiger partial charge on any atom is 0.213 e. The molecule has 18 heavy (non-hydrogen) atoms. The van der Waals surface area contributed by atoms with E-state index in [1.54, 1.807) is 38.4 Å². The van der Waals surface area contributed by atoms with Crippen molar-refractivity contribution in [3.63, 3.8) is 0 Å². The Labute approximate surface area is 108 Å². The van der Waals surface area contributed by atoms with Crippen molar-refractivity contribution in [3.05, 3.63) is 30.1 Å². The van der Waals surface area contributed by atoms with E-state index in [0.29, 0.717) is 6.42 Å².